The molecule has 1 saturated carbocycles. The zero-order chi connectivity index (χ0) is 12.5. The van der Waals surface area contributed by atoms with Gasteiger partial charge in [-0.15, -0.1) is 0 Å². The third kappa shape index (κ3) is 2.67. The van der Waals surface area contributed by atoms with Gasteiger partial charge in [0.25, 0.3) is 5.91 Å². The van der Waals surface area contributed by atoms with Crippen LogP contribution in [0, 0.1) is 12.3 Å². The van der Waals surface area contributed by atoms with E-state index >= 15 is 0 Å². The Bertz CT molecular complexity index is 424. The molecule has 1 amide bonds. The number of nitrogens with zero attached hydrogens (tertiary/aromatic N) is 1. The van der Waals surface area contributed by atoms with Crippen molar-refractivity contribution in [2.75, 3.05) is 20.1 Å². The molecule has 2 N–H and O–H groups in total. The van der Waals surface area contributed by atoms with Gasteiger partial charge >= 0.3 is 0 Å². The van der Waals surface area contributed by atoms with Gasteiger partial charge in [0, 0.05) is 24.6 Å². The van der Waals surface area contributed by atoms with E-state index in [4.69, 9.17) is 5.73 Å². The van der Waals surface area contributed by atoms with Crippen molar-refractivity contribution in [2.45, 2.75) is 19.8 Å². The Morgan fingerprint density at radius 1 is 1.47 bits per heavy atom. The lowest BCUT2D eigenvalue weighted by molar-refractivity contribution is 0.0766. The van der Waals surface area contributed by atoms with Crippen molar-refractivity contribution in [3.05, 3.63) is 35.4 Å². The van der Waals surface area contributed by atoms with Crippen LogP contribution in [0.1, 0.15) is 28.8 Å². The van der Waals surface area contributed by atoms with Crippen LogP contribution < -0.4 is 5.73 Å². The molecule has 0 aliphatic heterocycles. The number of carbonyl (C=O) groups excluding carboxylic acids is 1. The minimum atomic E-state index is 0.0911. The van der Waals surface area contributed by atoms with Crippen LogP contribution in [0.25, 0.3) is 0 Å². The molecule has 1 fully saturated rings. The standard InChI is InChI=1S/C14H20N2O/c1-11-4-3-5-12(8-11)13(17)16(2)10-14(9-15)6-7-14/h3-5,8H,6-7,9-10,15H2,1-2H3. The van der Waals surface area contributed by atoms with E-state index in [0.29, 0.717) is 6.54 Å². The molecule has 0 heterocycles. The number of amides is 1. The Morgan fingerprint density at radius 3 is 2.71 bits per heavy atom. The molecule has 17 heavy (non-hydrogen) atoms. The predicted octanol–water partition coefficient (Wildman–Crippen LogP) is 1.81. The maximum absolute atomic E-state index is 12.2. The fourth-order valence-electron chi connectivity index (χ4n) is 2.18. The number of hydrogen-bond acceptors (Lipinski definition) is 2. The quantitative estimate of drug-likeness (QED) is 0.860. The van der Waals surface area contributed by atoms with Crippen molar-refractivity contribution < 1.29 is 4.79 Å². The van der Waals surface area contributed by atoms with E-state index in [2.05, 4.69) is 0 Å². The number of rotatable bonds is 4. The molecule has 0 unspecified atom stereocenters. The summed E-state index contributed by atoms with van der Waals surface area (Å²) in [6.07, 6.45) is 2.30. The van der Waals surface area contributed by atoms with Gasteiger partial charge in [0.2, 0.25) is 0 Å². The number of benzene rings is 1. The van der Waals surface area contributed by atoms with Gasteiger partial charge in [0.15, 0.2) is 0 Å². The van der Waals surface area contributed by atoms with Gasteiger partial charge in [-0.25, -0.2) is 0 Å². The molecule has 0 saturated heterocycles. The molecular weight excluding hydrogens is 212 g/mol. The fourth-order valence-corrected chi connectivity index (χ4v) is 2.18. The molecule has 0 radical (unpaired) electrons. The zero-order valence-corrected chi connectivity index (χ0v) is 10.6. The van der Waals surface area contributed by atoms with Crippen molar-refractivity contribution in [3.63, 3.8) is 0 Å². The topological polar surface area (TPSA) is 46.3 Å². The maximum Gasteiger partial charge on any atom is 0.253 e. The number of hydrogen-bond donors (Lipinski definition) is 1. The van der Waals surface area contributed by atoms with Gasteiger partial charge in [-0.1, -0.05) is 17.7 Å². The monoisotopic (exact) mass is 232 g/mol. The van der Waals surface area contributed by atoms with Gasteiger partial charge in [-0.3, -0.25) is 4.79 Å². The second-order valence-electron chi connectivity index (χ2n) is 5.23. The first-order valence-electron chi connectivity index (χ1n) is 6.09. The maximum atomic E-state index is 12.2. The van der Waals surface area contributed by atoms with E-state index in [9.17, 15) is 4.79 Å². The van der Waals surface area contributed by atoms with Crippen LogP contribution in [0.3, 0.4) is 0 Å². The summed E-state index contributed by atoms with van der Waals surface area (Å²) in [5.74, 6) is 0.0911. The Balaban J connectivity index is 2.04. The van der Waals surface area contributed by atoms with Crippen molar-refractivity contribution >= 4 is 5.91 Å². The average Bonchev–Trinajstić information content (AvgIpc) is 3.08. The lowest BCUT2D eigenvalue weighted by Crippen LogP contribution is -2.35. The Labute approximate surface area is 103 Å². The van der Waals surface area contributed by atoms with Gasteiger partial charge in [-0.2, -0.15) is 0 Å². The van der Waals surface area contributed by atoms with Crippen LogP contribution in [-0.2, 0) is 0 Å². The van der Waals surface area contributed by atoms with Crippen LogP contribution in [0.15, 0.2) is 24.3 Å². The highest BCUT2D eigenvalue weighted by Gasteiger charge is 2.42. The molecule has 92 valence electrons. The molecule has 3 heteroatoms. The Morgan fingerprint density at radius 2 is 2.18 bits per heavy atom. The van der Waals surface area contributed by atoms with Gasteiger partial charge in [-0.05, 0) is 38.4 Å². The van der Waals surface area contributed by atoms with Crippen molar-refractivity contribution in [1.29, 1.82) is 0 Å². The summed E-state index contributed by atoms with van der Waals surface area (Å²) in [5, 5.41) is 0. The number of nitrogens with two attached hydrogens (primary N) is 1. The molecule has 0 bridgehead atoms. The first kappa shape index (κ1) is 12.1. The molecule has 0 spiro atoms. The summed E-state index contributed by atoms with van der Waals surface area (Å²) < 4.78 is 0. The predicted molar refractivity (Wildman–Crippen MR) is 68.9 cm³/mol. The Hall–Kier alpha value is -1.35. The van der Waals surface area contributed by atoms with Crippen LogP contribution in [0.2, 0.25) is 0 Å². The highest BCUT2D eigenvalue weighted by molar-refractivity contribution is 5.94. The van der Waals surface area contributed by atoms with Crippen molar-refractivity contribution in [2.24, 2.45) is 11.1 Å². The molecule has 2 rings (SSSR count). The summed E-state index contributed by atoms with van der Waals surface area (Å²) in [6.45, 7) is 3.45. The minimum Gasteiger partial charge on any atom is -0.341 e. The van der Waals surface area contributed by atoms with E-state index < -0.39 is 0 Å². The summed E-state index contributed by atoms with van der Waals surface area (Å²) in [6, 6.07) is 7.72. The molecule has 1 aliphatic rings. The zero-order valence-electron chi connectivity index (χ0n) is 10.6. The largest absolute Gasteiger partial charge is 0.341 e. The van der Waals surface area contributed by atoms with Crippen LogP contribution in [0.5, 0.6) is 0 Å². The lowest BCUT2D eigenvalue weighted by atomic mass is 10.1. The SMILES string of the molecule is Cc1cccc(C(=O)N(C)CC2(CN)CC2)c1. The van der Waals surface area contributed by atoms with E-state index in [1.165, 1.54) is 0 Å². The normalized spacial score (nSPS) is 16.6. The number of aryl methyl sites for hydroxylation is 1. The smallest absolute Gasteiger partial charge is 0.253 e. The second kappa shape index (κ2) is 4.49. The van der Waals surface area contributed by atoms with Gasteiger partial charge in [0.1, 0.15) is 0 Å². The summed E-state index contributed by atoms with van der Waals surface area (Å²) >= 11 is 0. The molecule has 1 aliphatic carbocycles. The molecule has 1 aromatic rings. The second-order valence-corrected chi connectivity index (χ2v) is 5.23. The van der Waals surface area contributed by atoms with E-state index in [1.54, 1.807) is 4.90 Å². The third-order valence-electron chi connectivity index (χ3n) is 3.57. The fraction of sp³-hybridized carbons (Fsp3) is 0.500. The van der Waals surface area contributed by atoms with Gasteiger partial charge in [0.05, 0.1) is 0 Å². The van der Waals surface area contributed by atoms with Crippen LogP contribution >= 0.6 is 0 Å². The highest BCUT2D eigenvalue weighted by Crippen LogP contribution is 2.45. The van der Waals surface area contributed by atoms with Crippen molar-refractivity contribution in [3.8, 4) is 0 Å². The first-order valence-corrected chi connectivity index (χ1v) is 6.09. The number of carbonyl (C=O) groups is 1. The van der Waals surface area contributed by atoms with E-state index in [-0.39, 0.29) is 11.3 Å². The molecule has 3 nitrogen and oxygen atoms in total. The highest BCUT2D eigenvalue weighted by atomic mass is 16.2. The van der Waals surface area contributed by atoms with Crippen molar-refractivity contribution in [1.82, 2.24) is 4.90 Å². The average molecular weight is 232 g/mol. The van der Waals surface area contributed by atoms with E-state index in [1.807, 2.05) is 38.2 Å². The summed E-state index contributed by atoms with van der Waals surface area (Å²) in [7, 11) is 1.86. The lowest BCUT2D eigenvalue weighted by Gasteiger charge is -2.23. The van der Waals surface area contributed by atoms with Gasteiger partial charge < -0.3 is 10.6 Å². The Kier molecular flexibility index (Phi) is 3.20. The molecule has 0 atom stereocenters. The summed E-state index contributed by atoms with van der Waals surface area (Å²) in [4.78, 5) is 14.0. The van der Waals surface area contributed by atoms with Crippen LogP contribution in [-0.4, -0.2) is 30.9 Å². The van der Waals surface area contributed by atoms with E-state index in [0.717, 1.165) is 30.5 Å². The molecule has 0 aromatic heterocycles. The first-order chi connectivity index (χ1) is 8.06. The minimum absolute atomic E-state index is 0.0911. The summed E-state index contributed by atoms with van der Waals surface area (Å²) in [5.41, 5.74) is 7.82. The third-order valence-corrected chi connectivity index (χ3v) is 3.57. The van der Waals surface area contributed by atoms with Crippen LogP contribution in [0.4, 0.5) is 0 Å². The molecule has 1 aromatic carbocycles. The molecular formula is C14H20N2O.